The molecule has 1 aliphatic heterocycles. The first-order valence-corrected chi connectivity index (χ1v) is 10.6. The third-order valence-corrected chi connectivity index (χ3v) is 5.32. The Labute approximate surface area is 173 Å². The molecular weight excluding hydrogens is 362 g/mol. The average Bonchev–Trinajstić information content (AvgIpc) is 2.75. The van der Waals surface area contributed by atoms with E-state index < -0.39 is 0 Å². The van der Waals surface area contributed by atoms with E-state index in [0.29, 0.717) is 13.0 Å². The molecule has 1 aliphatic rings. The molecule has 5 nitrogen and oxygen atoms in total. The fourth-order valence-corrected chi connectivity index (χ4v) is 3.67. The van der Waals surface area contributed by atoms with E-state index >= 15 is 0 Å². The standard InChI is InChI=1S/C24H31N3O2/c1-2-14-25-24(29)18-27-15-12-22(13-16-27)26-23(28)17-19-8-10-21(11-9-19)20-6-4-3-5-7-20/h3-11,22H,2,12-18H2,1H3,(H,25,29)(H,26,28). The van der Waals surface area contributed by atoms with Crippen LogP contribution in [0, 0.1) is 0 Å². The molecule has 0 spiro atoms. The Morgan fingerprint density at radius 1 is 0.931 bits per heavy atom. The van der Waals surface area contributed by atoms with Crippen LogP contribution in [-0.2, 0) is 16.0 Å². The molecule has 1 heterocycles. The van der Waals surface area contributed by atoms with E-state index in [4.69, 9.17) is 0 Å². The molecule has 1 fully saturated rings. The van der Waals surface area contributed by atoms with Gasteiger partial charge < -0.3 is 10.6 Å². The molecule has 29 heavy (non-hydrogen) atoms. The van der Waals surface area contributed by atoms with Crippen LogP contribution in [0.25, 0.3) is 11.1 Å². The van der Waals surface area contributed by atoms with Crippen molar-refractivity contribution in [1.29, 1.82) is 0 Å². The summed E-state index contributed by atoms with van der Waals surface area (Å²) in [6.07, 6.45) is 3.13. The summed E-state index contributed by atoms with van der Waals surface area (Å²) in [6, 6.07) is 18.6. The van der Waals surface area contributed by atoms with Crippen molar-refractivity contribution in [2.75, 3.05) is 26.2 Å². The highest BCUT2D eigenvalue weighted by Crippen LogP contribution is 2.19. The second kappa shape index (κ2) is 10.8. The van der Waals surface area contributed by atoms with Crippen LogP contribution < -0.4 is 10.6 Å². The Hall–Kier alpha value is -2.66. The highest BCUT2D eigenvalue weighted by Gasteiger charge is 2.22. The molecule has 2 N–H and O–H groups in total. The van der Waals surface area contributed by atoms with E-state index in [0.717, 1.165) is 50.0 Å². The number of rotatable bonds is 8. The molecule has 0 radical (unpaired) electrons. The predicted molar refractivity (Wildman–Crippen MR) is 116 cm³/mol. The topological polar surface area (TPSA) is 61.4 Å². The van der Waals surface area contributed by atoms with Gasteiger partial charge in [0.1, 0.15) is 0 Å². The van der Waals surface area contributed by atoms with E-state index in [1.165, 1.54) is 5.56 Å². The minimum Gasteiger partial charge on any atom is -0.355 e. The number of amides is 2. The Bertz CT molecular complexity index is 782. The molecule has 2 aromatic carbocycles. The van der Waals surface area contributed by atoms with Gasteiger partial charge in [0.25, 0.3) is 0 Å². The van der Waals surface area contributed by atoms with E-state index in [1.807, 2.05) is 37.3 Å². The third-order valence-electron chi connectivity index (χ3n) is 5.32. The number of nitrogens with one attached hydrogen (secondary N) is 2. The lowest BCUT2D eigenvalue weighted by Gasteiger charge is -2.31. The van der Waals surface area contributed by atoms with Crippen LogP contribution in [0.15, 0.2) is 54.6 Å². The van der Waals surface area contributed by atoms with Crippen LogP contribution in [0.3, 0.4) is 0 Å². The van der Waals surface area contributed by atoms with Crippen LogP contribution in [0.2, 0.25) is 0 Å². The number of hydrogen-bond acceptors (Lipinski definition) is 3. The van der Waals surface area contributed by atoms with Gasteiger partial charge in [-0.25, -0.2) is 0 Å². The van der Waals surface area contributed by atoms with Gasteiger partial charge in [-0.05, 0) is 36.0 Å². The molecule has 0 aromatic heterocycles. The zero-order valence-electron chi connectivity index (χ0n) is 17.2. The monoisotopic (exact) mass is 393 g/mol. The SMILES string of the molecule is CCCNC(=O)CN1CCC(NC(=O)Cc2ccc(-c3ccccc3)cc2)CC1. The molecule has 2 amide bonds. The van der Waals surface area contributed by atoms with Crippen molar-refractivity contribution in [3.05, 3.63) is 60.2 Å². The zero-order valence-corrected chi connectivity index (χ0v) is 17.2. The van der Waals surface area contributed by atoms with Crippen molar-refractivity contribution in [1.82, 2.24) is 15.5 Å². The number of likely N-dealkylation sites (tertiary alicyclic amines) is 1. The Kier molecular flexibility index (Phi) is 7.82. The maximum absolute atomic E-state index is 12.4. The number of benzene rings is 2. The maximum atomic E-state index is 12.4. The second-order valence-corrected chi connectivity index (χ2v) is 7.71. The zero-order chi connectivity index (χ0) is 20.5. The van der Waals surface area contributed by atoms with Gasteiger partial charge in [0.05, 0.1) is 13.0 Å². The summed E-state index contributed by atoms with van der Waals surface area (Å²) in [7, 11) is 0. The fourth-order valence-electron chi connectivity index (χ4n) is 3.67. The van der Waals surface area contributed by atoms with Gasteiger partial charge in [-0.2, -0.15) is 0 Å². The molecule has 5 heteroatoms. The van der Waals surface area contributed by atoms with Gasteiger partial charge in [-0.3, -0.25) is 14.5 Å². The second-order valence-electron chi connectivity index (χ2n) is 7.71. The highest BCUT2D eigenvalue weighted by atomic mass is 16.2. The minimum atomic E-state index is 0.0663. The number of nitrogens with zero attached hydrogens (tertiary/aromatic N) is 1. The third kappa shape index (κ3) is 6.71. The summed E-state index contributed by atoms with van der Waals surface area (Å²) in [6.45, 7) is 4.92. The lowest BCUT2D eigenvalue weighted by Crippen LogP contribution is -2.47. The smallest absolute Gasteiger partial charge is 0.234 e. The van der Waals surface area contributed by atoms with Crippen LogP contribution in [-0.4, -0.2) is 48.9 Å². The maximum Gasteiger partial charge on any atom is 0.234 e. The number of carbonyl (C=O) groups excluding carboxylic acids is 2. The molecule has 0 aliphatic carbocycles. The van der Waals surface area contributed by atoms with Crippen molar-refractivity contribution in [2.24, 2.45) is 0 Å². The van der Waals surface area contributed by atoms with Gasteiger partial charge >= 0.3 is 0 Å². The molecule has 0 bridgehead atoms. The van der Waals surface area contributed by atoms with Gasteiger partial charge in [0.2, 0.25) is 11.8 Å². The van der Waals surface area contributed by atoms with Gasteiger partial charge in [-0.1, -0.05) is 61.5 Å². The van der Waals surface area contributed by atoms with Crippen LogP contribution in [0.4, 0.5) is 0 Å². The Balaban J connectivity index is 1.41. The van der Waals surface area contributed by atoms with E-state index in [9.17, 15) is 9.59 Å². The number of carbonyl (C=O) groups is 2. The van der Waals surface area contributed by atoms with Crippen LogP contribution in [0.1, 0.15) is 31.7 Å². The van der Waals surface area contributed by atoms with Crippen molar-refractivity contribution in [3.8, 4) is 11.1 Å². The van der Waals surface area contributed by atoms with E-state index in [-0.39, 0.29) is 17.9 Å². The van der Waals surface area contributed by atoms with E-state index in [1.54, 1.807) is 0 Å². The lowest BCUT2D eigenvalue weighted by atomic mass is 10.0. The van der Waals surface area contributed by atoms with Crippen molar-refractivity contribution >= 4 is 11.8 Å². The first-order valence-electron chi connectivity index (χ1n) is 10.6. The van der Waals surface area contributed by atoms with Crippen LogP contribution >= 0.6 is 0 Å². The molecule has 0 saturated carbocycles. The summed E-state index contributed by atoms with van der Waals surface area (Å²) >= 11 is 0. The number of hydrogen-bond donors (Lipinski definition) is 2. The summed E-state index contributed by atoms with van der Waals surface area (Å²) < 4.78 is 0. The Morgan fingerprint density at radius 3 is 2.24 bits per heavy atom. The molecular formula is C24H31N3O2. The summed E-state index contributed by atoms with van der Waals surface area (Å²) in [4.78, 5) is 26.4. The molecule has 154 valence electrons. The van der Waals surface area contributed by atoms with Crippen LogP contribution in [0.5, 0.6) is 0 Å². The van der Waals surface area contributed by atoms with Gasteiger partial charge in [-0.15, -0.1) is 0 Å². The Morgan fingerprint density at radius 2 is 1.59 bits per heavy atom. The van der Waals surface area contributed by atoms with Gasteiger partial charge in [0.15, 0.2) is 0 Å². The number of piperidine rings is 1. The summed E-state index contributed by atoms with van der Waals surface area (Å²) in [5.74, 6) is 0.157. The lowest BCUT2D eigenvalue weighted by molar-refractivity contribution is -0.124. The highest BCUT2D eigenvalue weighted by molar-refractivity contribution is 5.79. The first kappa shape index (κ1) is 21.1. The van der Waals surface area contributed by atoms with Crippen molar-refractivity contribution in [3.63, 3.8) is 0 Å². The largest absolute Gasteiger partial charge is 0.355 e. The van der Waals surface area contributed by atoms with E-state index in [2.05, 4.69) is 39.8 Å². The summed E-state index contributed by atoms with van der Waals surface area (Å²) in [5.41, 5.74) is 3.36. The molecule has 0 unspecified atom stereocenters. The predicted octanol–water partition coefficient (Wildman–Crippen LogP) is 3.00. The quantitative estimate of drug-likeness (QED) is 0.725. The summed E-state index contributed by atoms with van der Waals surface area (Å²) in [5, 5.41) is 6.07. The molecule has 3 rings (SSSR count). The van der Waals surface area contributed by atoms with Gasteiger partial charge in [0, 0.05) is 25.7 Å². The molecule has 1 saturated heterocycles. The first-order chi connectivity index (χ1) is 14.1. The normalized spacial score (nSPS) is 15.1. The minimum absolute atomic E-state index is 0.0663. The molecule has 2 aromatic rings. The average molecular weight is 394 g/mol. The van der Waals surface area contributed by atoms with Crippen molar-refractivity contribution in [2.45, 2.75) is 38.6 Å². The molecule has 0 atom stereocenters. The fraction of sp³-hybridized carbons (Fsp3) is 0.417. The van der Waals surface area contributed by atoms with Crippen molar-refractivity contribution < 1.29 is 9.59 Å².